The normalized spacial score (nSPS) is 18.9. The van der Waals surface area contributed by atoms with Crippen molar-refractivity contribution in [2.45, 2.75) is 12.8 Å². The Morgan fingerprint density at radius 3 is 3.11 bits per heavy atom. The van der Waals surface area contributed by atoms with Crippen LogP contribution >= 0.6 is 11.6 Å². The maximum absolute atomic E-state index is 9.47. The monoisotopic (exact) mass is 280 g/mol. The third-order valence-corrected chi connectivity index (χ3v) is 3.47. The number of aromatic hydroxyl groups is 1. The molecule has 1 unspecified atom stereocenters. The summed E-state index contributed by atoms with van der Waals surface area (Å²) in [6, 6.07) is 4.62. The van der Waals surface area contributed by atoms with Crippen molar-refractivity contribution < 1.29 is 14.4 Å². The smallest absolute Gasteiger partial charge is 0.259 e. The van der Waals surface area contributed by atoms with Crippen LogP contribution in [0.5, 0.6) is 5.75 Å². The largest absolute Gasteiger partial charge is 0.508 e. The van der Waals surface area contributed by atoms with Crippen LogP contribution in [0.2, 0.25) is 5.02 Å². The minimum atomic E-state index is 0.114. The van der Waals surface area contributed by atoms with Gasteiger partial charge in [0.2, 0.25) is 0 Å². The number of nitrogens with zero attached hydrogens (tertiary/aromatic N) is 2. The second-order valence-electron chi connectivity index (χ2n) is 4.61. The van der Waals surface area contributed by atoms with Crippen molar-refractivity contribution in [1.82, 2.24) is 10.1 Å². The molecule has 0 saturated carbocycles. The van der Waals surface area contributed by atoms with Crippen LogP contribution < -0.4 is 0 Å². The number of phenolic OH excluding ortho intramolecular Hbond substituents is 1. The van der Waals surface area contributed by atoms with Crippen molar-refractivity contribution in [3.63, 3.8) is 0 Å². The predicted molar refractivity (Wildman–Crippen MR) is 69.0 cm³/mol. The Morgan fingerprint density at radius 1 is 1.42 bits per heavy atom. The lowest BCUT2D eigenvalue weighted by molar-refractivity contribution is 0.185. The zero-order valence-corrected chi connectivity index (χ0v) is 10.9. The summed E-state index contributed by atoms with van der Waals surface area (Å²) in [5.74, 6) is 1.54. The lowest BCUT2D eigenvalue weighted by Crippen LogP contribution is -2.04. The Labute approximate surface area is 115 Å². The molecule has 1 fully saturated rings. The summed E-state index contributed by atoms with van der Waals surface area (Å²) in [7, 11) is 0. The van der Waals surface area contributed by atoms with Gasteiger partial charge in [-0.05, 0) is 30.5 Å². The summed E-state index contributed by atoms with van der Waals surface area (Å²) in [6.45, 7) is 1.55. The number of rotatable bonds is 3. The molecule has 0 aliphatic carbocycles. The molecule has 0 spiro atoms. The Bertz CT molecular complexity index is 579. The van der Waals surface area contributed by atoms with Gasteiger partial charge in [-0.15, -0.1) is 0 Å². The molecule has 3 rings (SSSR count). The molecule has 19 heavy (non-hydrogen) atoms. The first kappa shape index (κ1) is 12.4. The van der Waals surface area contributed by atoms with E-state index >= 15 is 0 Å². The summed E-state index contributed by atoms with van der Waals surface area (Å²) < 4.78 is 10.5. The first-order valence-corrected chi connectivity index (χ1v) is 6.49. The highest BCUT2D eigenvalue weighted by molar-refractivity contribution is 6.33. The molecule has 1 N–H and O–H groups in total. The summed E-state index contributed by atoms with van der Waals surface area (Å²) >= 11 is 6.05. The van der Waals surface area contributed by atoms with Gasteiger partial charge in [0.25, 0.3) is 5.89 Å². The van der Waals surface area contributed by atoms with E-state index in [9.17, 15) is 5.11 Å². The van der Waals surface area contributed by atoms with E-state index in [0.717, 1.165) is 26.1 Å². The molecule has 1 aromatic heterocycles. The van der Waals surface area contributed by atoms with Gasteiger partial charge in [0, 0.05) is 19.6 Å². The average Bonchev–Trinajstić information content (AvgIpc) is 3.04. The van der Waals surface area contributed by atoms with E-state index in [-0.39, 0.29) is 5.75 Å². The van der Waals surface area contributed by atoms with E-state index < -0.39 is 0 Å². The van der Waals surface area contributed by atoms with Crippen molar-refractivity contribution in [2.24, 2.45) is 5.92 Å². The fourth-order valence-electron chi connectivity index (χ4n) is 2.13. The molecule has 2 heterocycles. The van der Waals surface area contributed by atoms with E-state index in [0.29, 0.717) is 28.2 Å². The van der Waals surface area contributed by atoms with Gasteiger partial charge < -0.3 is 14.4 Å². The Balaban J connectivity index is 1.82. The van der Waals surface area contributed by atoms with E-state index in [4.69, 9.17) is 20.9 Å². The van der Waals surface area contributed by atoms with E-state index in [1.165, 1.54) is 12.1 Å². The van der Waals surface area contributed by atoms with E-state index in [2.05, 4.69) is 10.1 Å². The van der Waals surface area contributed by atoms with Crippen LogP contribution in [0.1, 0.15) is 12.2 Å². The zero-order chi connectivity index (χ0) is 13.2. The second-order valence-corrected chi connectivity index (χ2v) is 5.02. The predicted octanol–water partition coefficient (Wildman–Crippen LogP) is 2.67. The molecule has 1 saturated heterocycles. The number of benzene rings is 1. The highest BCUT2D eigenvalue weighted by Crippen LogP contribution is 2.30. The molecule has 1 aromatic carbocycles. The molecule has 100 valence electrons. The average molecular weight is 281 g/mol. The molecule has 0 radical (unpaired) electrons. The minimum absolute atomic E-state index is 0.114. The van der Waals surface area contributed by atoms with Crippen molar-refractivity contribution in [2.75, 3.05) is 13.2 Å². The third-order valence-electron chi connectivity index (χ3n) is 3.14. The molecular formula is C13H13ClN2O3. The molecule has 1 aliphatic rings. The van der Waals surface area contributed by atoms with Gasteiger partial charge in [-0.2, -0.15) is 4.98 Å². The highest BCUT2D eigenvalue weighted by atomic mass is 35.5. The van der Waals surface area contributed by atoms with Crippen molar-refractivity contribution in [3.8, 4) is 17.2 Å². The third kappa shape index (κ3) is 2.72. The van der Waals surface area contributed by atoms with Gasteiger partial charge in [0.15, 0.2) is 5.82 Å². The van der Waals surface area contributed by atoms with E-state index in [1.54, 1.807) is 6.07 Å². The Morgan fingerprint density at radius 2 is 2.32 bits per heavy atom. The van der Waals surface area contributed by atoms with Crippen LogP contribution in [0.4, 0.5) is 0 Å². The first-order chi connectivity index (χ1) is 9.22. The number of halogens is 1. The molecule has 2 aromatic rings. The van der Waals surface area contributed by atoms with Crippen LogP contribution in [0.25, 0.3) is 11.5 Å². The Kier molecular flexibility index (Phi) is 3.40. The number of hydrogen-bond donors (Lipinski definition) is 1. The molecule has 0 amide bonds. The molecule has 0 bridgehead atoms. The van der Waals surface area contributed by atoms with Crippen molar-refractivity contribution in [3.05, 3.63) is 29.0 Å². The standard InChI is InChI=1S/C13H13ClN2O3/c14-11-2-1-9(17)6-10(11)13-15-12(16-19-13)5-8-3-4-18-7-8/h1-2,6,8,17H,3-5,7H2. The van der Waals surface area contributed by atoms with Crippen molar-refractivity contribution in [1.29, 1.82) is 0 Å². The van der Waals surface area contributed by atoms with Gasteiger partial charge in [-0.3, -0.25) is 0 Å². The second kappa shape index (κ2) is 5.19. The minimum Gasteiger partial charge on any atom is -0.508 e. The lowest BCUT2D eigenvalue weighted by Gasteiger charge is -2.01. The molecule has 1 atom stereocenters. The van der Waals surface area contributed by atoms with Gasteiger partial charge in [0.1, 0.15) is 5.75 Å². The first-order valence-electron chi connectivity index (χ1n) is 6.11. The SMILES string of the molecule is Oc1ccc(Cl)c(-c2nc(CC3CCOC3)no2)c1. The molecule has 5 nitrogen and oxygen atoms in total. The lowest BCUT2D eigenvalue weighted by atomic mass is 10.1. The van der Waals surface area contributed by atoms with Crippen LogP contribution in [0.15, 0.2) is 22.7 Å². The van der Waals surface area contributed by atoms with Crippen LogP contribution in [0, 0.1) is 5.92 Å². The van der Waals surface area contributed by atoms with Crippen LogP contribution in [-0.4, -0.2) is 28.5 Å². The Hall–Kier alpha value is -1.59. The maximum atomic E-state index is 9.47. The highest BCUT2D eigenvalue weighted by Gasteiger charge is 2.20. The number of ether oxygens (including phenoxy) is 1. The molecular weight excluding hydrogens is 268 g/mol. The number of aromatic nitrogens is 2. The maximum Gasteiger partial charge on any atom is 0.259 e. The van der Waals surface area contributed by atoms with Gasteiger partial charge in [-0.25, -0.2) is 0 Å². The van der Waals surface area contributed by atoms with Crippen LogP contribution in [0.3, 0.4) is 0 Å². The summed E-state index contributed by atoms with van der Waals surface area (Å²) in [5.41, 5.74) is 0.545. The summed E-state index contributed by atoms with van der Waals surface area (Å²) in [6.07, 6.45) is 1.76. The summed E-state index contributed by atoms with van der Waals surface area (Å²) in [5, 5.41) is 13.9. The zero-order valence-electron chi connectivity index (χ0n) is 10.2. The number of hydrogen-bond acceptors (Lipinski definition) is 5. The van der Waals surface area contributed by atoms with Gasteiger partial charge >= 0.3 is 0 Å². The fraction of sp³-hybridized carbons (Fsp3) is 0.385. The fourth-order valence-corrected chi connectivity index (χ4v) is 2.32. The van der Waals surface area contributed by atoms with Crippen molar-refractivity contribution >= 4 is 11.6 Å². The van der Waals surface area contributed by atoms with E-state index in [1.807, 2.05) is 0 Å². The topological polar surface area (TPSA) is 68.4 Å². The summed E-state index contributed by atoms with van der Waals surface area (Å²) in [4.78, 5) is 4.32. The van der Waals surface area contributed by atoms with Crippen LogP contribution in [-0.2, 0) is 11.2 Å². The number of phenols is 1. The van der Waals surface area contributed by atoms with Gasteiger partial charge in [-0.1, -0.05) is 16.8 Å². The van der Waals surface area contributed by atoms with Gasteiger partial charge in [0.05, 0.1) is 10.6 Å². The quantitative estimate of drug-likeness (QED) is 0.936. The molecule has 6 heteroatoms. The molecule has 1 aliphatic heterocycles.